The standard InChI is InChI=1S/C56H41N5S/c1-56(2)44-25-15-16-26-49(44)60(41-23-13-6-14-24-41)50-30-28-40(32-45(50)56)39-27-29-48-42(31-39)43-33-52-47(58-55(62-52)38-21-11-5-12-22-38)34-51(43)61(48)53-35-46(36-17-7-3-8-18-36)57-54(59-53)37-19-9-4-10-20-37/h3-35,47,52H,1-2H3. The van der Waals surface area contributed by atoms with Crippen molar-refractivity contribution < 1.29 is 0 Å². The minimum Gasteiger partial charge on any atom is -0.310 e. The van der Waals surface area contributed by atoms with Crippen LogP contribution in [0.1, 0.15) is 30.5 Å². The molecular weight excluding hydrogens is 775 g/mol. The van der Waals surface area contributed by atoms with Gasteiger partial charge in [-0.3, -0.25) is 9.56 Å². The van der Waals surface area contributed by atoms with Gasteiger partial charge in [0.1, 0.15) is 5.82 Å². The van der Waals surface area contributed by atoms with Gasteiger partial charge in [0.05, 0.1) is 44.3 Å². The monoisotopic (exact) mass is 815 g/mol. The molecule has 0 fully saturated rings. The molecule has 2 unspecified atom stereocenters. The van der Waals surface area contributed by atoms with Crippen molar-refractivity contribution in [2.24, 2.45) is 4.99 Å². The number of para-hydroxylation sites is 2. The highest BCUT2D eigenvalue weighted by Gasteiger charge is 2.37. The first-order valence-electron chi connectivity index (χ1n) is 21.3. The third kappa shape index (κ3) is 5.97. The number of anilines is 3. The van der Waals surface area contributed by atoms with Crippen molar-refractivity contribution in [3.63, 3.8) is 0 Å². The van der Waals surface area contributed by atoms with Crippen molar-refractivity contribution in [1.29, 1.82) is 0 Å². The van der Waals surface area contributed by atoms with Crippen LogP contribution in [-0.2, 0) is 5.41 Å². The van der Waals surface area contributed by atoms with Gasteiger partial charge in [-0.05, 0) is 70.8 Å². The number of fused-ring (bicyclic) bond motifs is 6. The third-order valence-electron chi connectivity index (χ3n) is 12.7. The lowest BCUT2D eigenvalue weighted by molar-refractivity contribution is 0.632. The largest absolute Gasteiger partial charge is 0.310 e. The molecule has 0 radical (unpaired) electrons. The summed E-state index contributed by atoms with van der Waals surface area (Å²) in [6.07, 6.45) is 4.82. The highest BCUT2D eigenvalue weighted by Crippen LogP contribution is 2.52. The molecule has 0 spiro atoms. The second kappa shape index (κ2) is 14.4. The molecule has 0 saturated heterocycles. The van der Waals surface area contributed by atoms with E-state index in [0.717, 1.165) is 49.8 Å². The first kappa shape index (κ1) is 36.6. The molecule has 7 aromatic carbocycles. The summed E-state index contributed by atoms with van der Waals surface area (Å²) >= 11 is 1.86. The van der Waals surface area contributed by atoms with Crippen LogP contribution >= 0.6 is 11.8 Å². The van der Waals surface area contributed by atoms with Crippen molar-refractivity contribution in [3.05, 3.63) is 215 Å². The zero-order chi connectivity index (χ0) is 41.4. The fourth-order valence-electron chi connectivity index (χ4n) is 9.61. The topological polar surface area (TPSA) is 46.3 Å². The van der Waals surface area contributed by atoms with Gasteiger partial charge in [-0.15, -0.1) is 0 Å². The van der Waals surface area contributed by atoms with E-state index in [0.29, 0.717) is 5.82 Å². The number of thioether (sulfide) groups is 1. The van der Waals surface area contributed by atoms with Crippen LogP contribution < -0.4 is 15.5 Å². The van der Waals surface area contributed by atoms with Gasteiger partial charge in [0, 0.05) is 44.5 Å². The van der Waals surface area contributed by atoms with Crippen LogP contribution in [0.25, 0.3) is 62.6 Å². The van der Waals surface area contributed by atoms with Gasteiger partial charge in [0.2, 0.25) is 0 Å². The van der Waals surface area contributed by atoms with Gasteiger partial charge in [-0.25, -0.2) is 9.97 Å². The molecule has 4 heterocycles. The summed E-state index contributed by atoms with van der Waals surface area (Å²) in [5, 5.41) is 4.77. The number of aliphatic imine (C=N–C) groups is 1. The second-order valence-electron chi connectivity index (χ2n) is 16.8. The molecule has 2 aromatic heterocycles. The minimum atomic E-state index is -0.215. The quantitative estimate of drug-likeness (QED) is 0.168. The minimum absolute atomic E-state index is 0.00687. The molecule has 296 valence electrons. The maximum Gasteiger partial charge on any atom is 0.162 e. The van der Waals surface area contributed by atoms with Crippen LogP contribution in [0.5, 0.6) is 0 Å². The van der Waals surface area contributed by atoms with Crippen molar-refractivity contribution in [2.45, 2.75) is 30.6 Å². The normalized spacial score (nSPS) is 16.9. The first-order valence-corrected chi connectivity index (χ1v) is 22.1. The SMILES string of the molecule is CC1(C)c2ccccc2N(c2ccccc2)c2ccc(-c3ccc4c(c3)c3c(n4-c4cc(-c5ccccc5)nc(-c5ccccc5)n4)=CC4N=C(c5ccccc5)SC4C=3)cc21. The van der Waals surface area contributed by atoms with Gasteiger partial charge in [0.15, 0.2) is 5.82 Å². The fraction of sp³-hybridized carbons (Fsp3) is 0.0893. The van der Waals surface area contributed by atoms with Gasteiger partial charge in [0.25, 0.3) is 0 Å². The van der Waals surface area contributed by atoms with Crippen molar-refractivity contribution in [1.82, 2.24) is 14.5 Å². The average molecular weight is 816 g/mol. The van der Waals surface area contributed by atoms with E-state index in [1.54, 1.807) is 0 Å². The summed E-state index contributed by atoms with van der Waals surface area (Å²) < 4.78 is 2.34. The lowest BCUT2D eigenvalue weighted by Gasteiger charge is -2.42. The Morgan fingerprint density at radius 2 is 1.16 bits per heavy atom. The van der Waals surface area contributed by atoms with Crippen LogP contribution in [0.15, 0.2) is 193 Å². The second-order valence-corrected chi connectivity index (χ2v) is 18.0. The van der Waals surface area contributed by atoms with E-state index in [1.807, 2.05) is 36.0 Å². The average Bonchev–Trinajstić information content (AvgIpc) is 3.90. The van der Waals surface area contributed by atoms with Crippen molar-refractivity contribution >= 4 is 56.9 Å². The molecule has 5 nitrogen and oxygen atoms in total. The van der Waals surface area contributed by atoms with E-state index < -0.39 is 0 Å². The Bertz CT molecular complexity index is 3300. The molecular formula is C56H41N5S. The Morgan fingerprint density at radius 1 is 0.532 bits per heavy atom. The number of hydrogen-bond donors (Lipinski definition) is 0. The van der Waals surface area contributed by atoms with E-state index in [-0.39, 0.29) is 16.7 Å². The molecule has 3 aliphatic rings. The number of rotatable bonds is 6. The van der Waals surface area contributed by atoms with Crippen LogP contribution in [0, 0.1) is 0 Å². The molecule has 2 aliphatic heterocycles. The molecule has 0 bridgehead atoms. The smallest absolute Gasteiger partial charge is 0.162 e. The summed E-state index contributed by atoms with van der Waals surface area (Å²) in [7, 11) is 0. The zero-order valence-electron chi connectivity index (χ0n) is 34.4. The van der Waals surface area contributed by atoms with Gasteiger partial charge >= 0.3 is 0 Å². The third-order valence-corrected chi connectivity index (χ3v) is 13.9. The molecule has 12 rings (SSSR count). The molecule has 6 heteroatoms. The zero-order valence-corrected chi connectivity index (χ0v) is 35.2. The summed E-state index contributed by atoms with van der Waals surface area (Å²) in [6.45, 7) is 4.72. The highest BCUT2D eigenvalue weighted by molar-refractivity contribution is 8.15. The summed E-state index contributed by atoms with van der Waals surface area (Å²) in [6, 6.07) is 67.0. The summed E-state index contributed by atoms with van der Waals surface area (Å²) in [5.41, 5.74) is 13.5. The molecule has 62 heavy (non-hydrogen) atoms. The maximum atomic E-state index is 5.35. The first-order chi connectivity index (χ1) is 30.5. The molecule has 0 N–H and O–H groups in total. The number of benzene rings is 7. The van der Waals surface area contributed by atoms with Crippen LogP contribution in [0.4, 0.5) is 17.1 Å². The molecule has 0 saturated carbocycles. The maximum absolute atomic E-state index is 5.35. The van der Waals surface area contributed by atoms with Crippen molar-refractivity contribution in [2.75, 3.05) is 4.90 Å². The van der Waals surface area contributed by atoms with E-state index >= 15 is 0 Å². The van der Waals surface area contributed by atoms with Gasteiger partial charge in [-0.1, -0.05) is 171 Å². The van der Waals surface area contributed by atoms with Gasteiger partial charge in [-0.2, -0.15) is 0 Å². The Kier molecular flexibility index (Phi) is 8.51. The molecule has 2 atom stereocenters. The molecule has 1 aliphatic carbocycles. The number of hydrogen-bond acceptors (Lipinski definition) is 5. The van der Waals surface area contributed by atoms with Crippen LogP contribution in [0.3, 0.4) is 0 Å². The lowest BCUT2D eigenvalue weighted by Crippen LogP contribution is -2.37. The summed E-state index contributed by atoms with van der Waals surface area (Å²) in [4.78, 5) is 18.2. The van der Waals surface area contributed by atoms with Crippen LogP contribution in [0.2, 0.25) is 0 Å². The van der Waals surface area contributed by atoms with E-state index in [4.69, 9.17) is 15.0 Å². The Hall–Kier alpha value is -7.28. The lowest BCUT2D eigenvalue weighted by atomic mass is 9.73. The highest BCUT2D eigenvalue weighted by atomic mass is 32.2. The Morgan fingerprint density at radius 3 is 1.92 bits per heavy atom. The number of nitrogens with zero attached hydrogens (tertiary/aromatic N) is 5. The molecule has 9 aromatic rings. The van der Waals surface area contributed by atoms with Crippen LogP contribution in [-0.4, -0.2) is 30.9 Å². The van der Waals surface area contributed by atoms with Crippen molar-refractivity contribution in [3.8, 4) is 39.6 Å². The fourth-order valence-corrected chi connectivity index (χ4v) is 10.8. The predicted octanol–water partition coefficient (Wildman–Crippen LogP) is 12.0. The summed E-state index contributed by atoms with van der Waals surface area (Å²) in [5.74, 6) is 1.52. The van der Waals surface area contributed by atoms with E-state index in [1.165, 1.54) is 44.2 Å². The van der Waals surface area contributed by atoms with Gasteiger partial charge < -0.3 is 4.90 Å². The number of aromatic nitrogens is 3. The predicted molar refractivity (Wildman–Crippen MR) is 258 cm³/mol. The Balaban J connectivity index is 1.06. The van der Waals surface area contributed by atoms with E-state index in [2.05, 4.69) is 199 Å². The van der Waals surface area contributed by atoms with E-state index in [9.17, 15) is 0 Å². The Labute approximate surface area is 365 Å². The molecule has 0 amide bonds.